The Labute approximate surface area is 258 Å². The molecular formula is C32H58N4O5S. The van der Waals surface area contributed by atoms with Crippen molar-refractivity contribution >= 4 is 29.6 Å². The fourth-order valence-electron chi connectivity index (χ4n) is 5.64. The number of carbonyl (C=O) groups is 3. The van der Waals surface area contributed by atoms with Crippen LogP contribution < -0.4 is 21.3 Å². The highest BCUT2D eigenvalue weighted by atomic mass is 32.2. The summed E-state index contributed by atoms with van der Waals surface area (Å²) >= 11 is 1.92. The van der Waals surface area contributed by atoms with Gasteiger partial charge in [-0.15, -0.1) is 0 Å². The third kappa shape index (κ3) is 15.6. The van der Waals surface area contributed by atoms with E-state index in [1.54, 1.807) is 6.08 Å². The summed E-state index contributed by atoms with van der Waals surface area (Å²) in [6.45, 7) is 2.63. The predicted molar refractivity (Wildman–Crippen MR) is 171 cm³/mol. The van der Waals surface area contributed by atoms with Crippen LogP contribution in [0.2, 0.25) is 0 Å². The molecule has 5 atom stereocenters. The van der Waals surface area contributed by atoms with Gasteiger partial charge >= 0.3 is 6.03 Å². The Morgan fingerprint density at radius 3 is 2.36 bits per heavy atom. The van der Waals surface area contributed by atoms with E-state index in [0.717, 1.165) is 82.9 Å². The zero-order valence-corrected chi connectivity index (χ0v) is 26.7. The molecule has 0 spiro atoms. The SMILES string of the molecule is CCCCCCCC(=O)N[C@@H](CO)[C@H](O)/C=C/CCCCCCCCCNC(=O)CCCCC1SCC2NC(=O)NC21. The molecule has 2 aliphatic rings. The second kappa shape index (κ2) is 22.7. The maximum absolute atomic E-state index is 12.1. The van der Waals surface area contributed by atoms with E-state index in [2.05, 4.69) is 28.2 Å². The minimum Gasteiger partial charge on any atom is -0.394 e. The second-order valence-electron chi connectivity index (χ2n) is 11.9. The summed E-state index contributed by atoms with van der Waals surface area (Å²) in [6.07, 6.45) is 20.9. The van der Waals surface area contributed by atoms with Gasteiger partial charge in [0.1, 0.15) is 0 Å². The lowest BCUT2D eigenvalue weighted by molar-refractivity contribution is -0.123. The second-order valence-corrected chi connectivity index (χ2v) is 13.2. The zero-order chi connectivity index (χ0) is 30.4. The number of amides is 4. The zero-order valence-electron chi connectivity index (χ0n) is 25.9. The van der Waals surface area contributed by atoms with Crippen molar-refractivity contribution in [1.82, 2.24) is 21.3 Å². The molecule has 0 radical (unpaired) electrons. The Hall–Kier alpha value is -1.78. The molecule has 2 aliphatic heterocycles. The number of aliphatic hydroxyl groups excluding tert-OH is 2. The van der Waals surface area contributed by atoms with E-state index in [1.165, 1.54) is 32.1 Å². The molecule has 0 aliphatic carbocycles. The van der Waals surface area contributed by atoms with E-state index in [9.17, 15) is 24.6 Å². The number of hydrogen-bond donors (Lipinski definition) is 6. The van der Waals surface area contributed by atoms with Gasteiger partial charge in [0, 0.05) is 30.4 Å². The summed E-state index contributed by atoms with van der Waals surface area (Å²) in [5.74, 6) is 1.02. The first-order valence-electron chi connectivity index (χ1n) is 16.6. The fraction of sp³-hybridized carbons (Fsp3) is 0.844. The van der Waals surface area contributed by atoms with Crippen LogP contribution in [-0.2, 0) is 9.59 Å². The molecule has 3 unspecified atom stereocenters. The van der Waals surface area contributed by atoms with Crippen molar-refractivity contribution in [2.24, 2.45) is 0 Å². The third-order valence-electron chi connectivity index (χ3n) is 8.25. The van der Waals surface area contributed by atoms with Crippen LogP contribution >= 0.6 is 11.8 Å². The van der Waals surface area contributed by atoms with Crippen LogP contribution in [0.15, 0.2) is 12.2 Å². The highest BCUT2D eigenvalue weighted by molar-refractivity contribution is 8.00. The summed E-state index contributed by atoms with van der Waals surface area (Å²) in [4.78, 5) is 35.6. The number of carbonyl (C=O) groups excluding carboxylic acids is 3. The normalized spacial score (nSPS) is 21.1. The molecule has 4 amide bonds. The summed E-state index contributed by atoms with van der Waals surface area (Å²) in [7, 11) is 0. The topological polar surface area (TPSA) is 140 Å². The van der Waals surface area contributed by atoms with Crippen molar-refractivity contribution in [3.63, 3.8) is 0 Å². The van der Waals surface area contributed by atoms with Gasteiger partial charge in [-0.3, -0.25) is 9.59 Å². The van der Waals surface area contributed by atoms with E-state index in [4.69, 9.17) is 0 Å². The Morgan fingerprint density at radius 1 is 0.929 bits per heavy atom. The largest absolute Gasteiger partial charge is 0.394 e. The molecule has 2 saturated heterocycles. The molecule has 242 valence electrons. The lowest BCUT2D eigenvalue weighted by atomic mass is 10.0. The minimum absolute atomic E-state index is 0.0452. The standard InChI is InChI=1S/C32H58N4O5S/c1-2-3-4-10-14-21-30(40)34-25(23-37)27(38)18-13-11-8-6-5-7-9-12-17-22-33-29(39)20-16-15-19-28-31-26(24-42-28)35-32(41)36-31/h13,18,25-28,31,37-38H,2-12,14-17,19-24H2,1H3,(H,33,39)(H,34,40)(H2,35,36,41)/b18-13+/t25-,26?,27+,28?,31?/m0/s1. The van der Waals surface area contributed by atoms with Crippen molar-refractivity contribution in [2.75, 3.05) is 18.9 Å². The molecule has 0 bridgehead atoms. The Kier molecular flexibility index (Phi) is 19.7. The van der Waals surface area contributed by atoms with Gasteiger partial charge in [0.25, 0.3) is 0 Å². The number of unbranched alkanes of at least 4 members (excludes halogenated alkanes) is 12. The Bertz CT molecular complexity index is 799. The van der Waals surface area contributed by atoms with Gasteiger partial charge in [-0.1, -0.05) is 83.3 Å². The quantitative estimate of drug-likeness (QED) is 0.0503. The molecule has 2 heterocycles. The first-order chi connectivity index (χ1) is 20.4. The molecule has 0 saturated carbocycles. The van der Waals surface area contributed by atoms with Gasteiger partial charge < -0.3 is 31.5 Å². The van der Waals surface area contributed by atoms with Gasteiger partial charge in [0.2, 0.25) is 11.8 Å². The number of aliphatic hydroxyl groups is 2. The third-order valence-corrected chi connectivity index (χ3v) is 9.75. The maximum atomic E-state index is 12.1. The van der Waals surface area contributed by atoms with Crippen LogP contribution in [0.5, 0.6) is 0 Å². The van der Waals surface area contributed by atoms with Gasteiger partial charge in [-0.05, 0) is 38.5 Å². The van der Waals surface area contributed by atoms with Crippen LogP contribution in [0.3, 0.4) is 0 Å². The van der Waals surface area contributed by atoms with Gasteiger partial charge in [-0.25, -0.2) is 4.79 Å². The number of urea groups is 1. The molecule has 2 rings (SSSR count). The van der Waals surface area contributed by atoms with E-state index >= 15 is 0 Å². The lowest BCUT2D eigenvalue weighted by Gasteiger charge is -2.20. The van der Waals surface area contributed by atoms with E-state index < -0.39 is 12.1 Å². The van der Waals surface area contributed by atoms with Crippen molar-refractivity contribution < 1.29 is 24.6 Å². The van der Waals surface area contributed by atoms with Gasteiger partial charge in [0.15, 0.2) is 0 Å². The first-order valence-corrected chi connectivity index (χ1v) is 17.7. The summed E-state index contributed by atoms with van der Waals surface area (Å²) in [5.41, 5.74) is 0. The van der Waals surface area contributed by atoms with Crippen molar-refractivity contribution in [3.05, 3.63) is 12.2 Å². The molecule has 9 nitrogen and oxygen atoms in total. The smallest absolute Gasteiger partial charge is 0.315 e. The van der Waals surface area contributed by atoms with Crippen molar-refractivity contribution in [3.8, 4) is 0 Å². The molecule has 42 heavy (non-hydrogen) atoms. The van der Waals surface area contributed by atoms with Gasteiger partial charge in [0.05, 0.1) is 30.8 Å². The van der Waals surface area contributed by atoms with E-state index in [1.807, 2.05) is 17.8 Å². The highest BCUT2D eigenvalue weighted by Gasteiger charge is 2.42. The maximum Gasteiger partial charge on any atom is 0.315 e. The first kappa shape index (κ1) is 36.4. The summed E-state index contributed by atoms with van der Waals surface area (Å²) in [5, 5.41) is 32.1. The molecular weight excluding hydrogens is 552 g/mol. The van der Waals surface area contributed by atoms with Crippen LogP contribution in [-0.4, -0.2) is 76.4 Å². The monoisotopic (exact) mass is 610 g/mol. The van der Waals surface area contributed by atoms with Crippen molar-refractivity contribution in [1.29, 1.82) is 0 Å². The molecule has 6 N–H and O–H groups in total. The average molecular weight is 611 g/mol. The van der Waals surface area contributed by atoms with Crippen LogP contribution in [0, 0.1) is 0 Å². The number of hydrogen-bond acceptors (Lipinski definition) is 6. The van der Waals surface area contributed by atoms with Crippen molar-refractivity contribution in [2.45, 2.75) is 152 Å². The molecule has 0 aromatic carbocycles. The molecule has 2 fully saturated rings. The van der Waals surface area contributed by atoms with Gasteiger partial charge in [-0.2, -0.15) is 11.8 Å². The molecule has 0 aromatic rings. The Balaban J connectivity index is 1.36. The van der Waals surface area contributed by atoms with E-state index in [0.29, 0.717) is 18.1 Å². The molecule has 0 aromatic heterocycles. The molecule has 10 heteroatoms. The number of rotatable bonds is 25. The summed E-state index contributed by atoms with van der Waals surface area (Å²) < 4.78 is 0. The highest BCUT2D eigenvalue weighted by Crippen LogP contribution is 2.33. The number of fused-ring (bicyclic) bond motifs is 1. The van der Waals surface area contributed by atoms with Crippen LogP contribution in [0.25, 0.3) is 0 Å². The fourth-order valence-corrected chi connectivity index (χ4v) is 7.18. The number of thioether (sulfide) groups is 1. The number of nitrogens with one attached hydrogen (secondary N) is 4. The minimum atomic E-state index is -0.876. The van der Waals surface area contributed by atoms with E-state index in [-0.39, 0.29) is 36.5 Å². The van der Waals surface area contributed by atoms with Crippen LogP contribution in [0.4, 0.5) is 4.79 Å². The Morgan fingerprint density at radius 2 is 1.60 bits per heavy atom. The predicted octanol–water partition coefficient (Wildman–Crippen LogP) is 4.70. The van der Waals surface area contributed by atoms with Crippen LogP contribution in [0.1, 0.15) is 122 Å². The lowest BCUT2D eigenvalue weighted by Crippen LogP contribution is -2.45. The number of allylic oxidation sites excluding steroid dienone is 1. The summed E-state index contributed by atoms with van der Waals surface area (Å²) in [6, 6.07) is -0.189. The average Bonchev–Trinajstić information content (AvgIpc) is 3.53.